The van der Waals surface area contributed by atoms with Crippen LogP contribution in [0.1, 0.15) is 19.4 Å². The van der Waals surface area contributed by atoms with Crippen LogP contribution in [0.2, 0.25) is 0 Å². The second kappa shape index (κ2) is 6.79. The molecular formula is C17H19NO3. The van der Waals surface area contributed by atoms with Gasteiger partial charge in [-0.25, -0.2) is 0 Å². The Labute approximate surface area is 123 Å². The monoisotopic (exact) mass is 285 g/mol. The average molecular weight is 285 g/mol. The Kier molecular flexibility index (Phi) is 4.82. The molecule has 0 amide bonds. The van der Waals surface area contributed by atoms with E-state index in [4.69, 9.17) is 9.84 Å². The van der Waals surface area contributed by atoms with Gasteiger partial charge < -0.3 is 14.8 Å². The van der Waals surface area contributed by atoms with Crippen molar-refractivity contribution in [2.45, 2.75) is 20.3 Å². The van der Waals surface area contributed by atoms with Crippen LogP contribution in [0.3, 0.4) is 0 Å². The van der Waals surface area contributed by atoms with Crippen molar-refractivity contribution in [3.8, 4) is 5.75 Å². The zero-order valence-corrected chi connectivity index (χ0v) is 12.2. The maximum atomic E-state index is 10.9. The number of allylic oxidation sites excluding steroid dienone is 2. The molecule has 0 aliphatic heterocycles. The predicted molar refractivity (Wildman–Crippen MR) is 83.7 cm³/mol. The van der Waals surface area contributed by atoms with Gasteiger partial charge in [0, 0.05) is 17.1 Å². The summed E-state index contributed by atoms with van der Waals surface area (Å²) in [5, 5.41) is 9.81. The fourth-order valence-electron chi connectivity index (χ4n) is 2.16. The first-order valence-electron chi connectivity index (χ1n) is 6.86. The quantitative estimate of drug-likeness (QED) is 0.795. The molecule has 1 heterocycles. The van der Waals surface area contributed by atoms with E-state index in [9.17, 15) is 4.79 Å². The lowest BCUT2D eigenvalue weighted by Gasteiger charge is -2.07. The second-order valence-electron chi connectivity index (χ2n) is 4.74. The highest BCUT2D eigenvalue weighted by molar-refractivity contribution is 5.87. The molecule has 1 aromatic heterocycles. The van der Waals surface area contributed by atoms with Crippen LogP contribution in [-0.4, -0.2) is 22.7 Å². The van der Waals surface area contributed by atoms with Crippen molar-refractivity contribution in [2.75, 3.05) is 6.61 Å². The first kappa shape index (κ1) is 14.9. The van der Waals surface area contributed by atoms with Crippen molar-refractivity contribution in [1.82, 2.24) is 4.98 Å². The van der Waals surface area contributed by atoms with Crippen LogP contribution in [0.15, 0.2) is 48.2 Å². The number of aliphatic carboxylic acids is 1. The van der Waals surface area contributed by atoms with E-state index in [0.29, 0.717) is 6.61 Å². The number of benzene rings is 1. The van der Waals surface area contributed by atoms with Crippen LogP contribution < -0.4 is 4.74 Å². The summed E-state index contributed by atoms with van der Waals surface area (Å²) in [7, 11) is 0. The molecule has 0 spiro atoms. The van der Waals surface area contributed by atoms with Gasteiger partial charge in [0.1, 0.15) is 12.4 Å². The van der Waals surface area contributed by atoms with E-state index in [2.05, 4.69) is 4.98 Å². The summed E-state index contributed by atoms with van der Waals surface area (Å²) in [6.45, 7) is 4.43. The number of aromatic nitrogens is 1. The predicted octanol–water partition coefficient (Wildman–Crippen LogP) is 3.70. The number of hydrogen-bond donors (Lipinski definition) is 2. The molecule has 21 heavy (non-hydrogen) atoms. The van der Waals surface area contributed by atoms with E-state index in [1.807, 2.05) is 50.3 Å². The van der Waals surface area contributed by atoms with Gasteiger partial charge in [0.05, 0.1) is 6.42 Å². The molecule has 0 fully saturated rings. The molecular weight excluding hydrogens is 266 g/mol. The minimum atomic E-state index is -0.841. The summed E-state index contributed by atoms with van der Waals surface area (Å²) in [6.07, 6.45) is 7.72. The molecule has 0 radical (unpaired) electrons. The van der Waals surface area contributed by atoms with Gasteiger partial charge in [0.25, 0.3) is 0 Å². The summed E-state index contributed by atoms with van der Waals surface area (Å²) >= 11 is 0. The minimum absolute atomic E-state index is 0.00212. The fraction of sp³-hybridized carbons (Fsp3) is 0.235. The molecule has 2 aromatic rings. The van der Waals surface area contributed by atoms with Gasteiger partial charge in [-0.2, -0.15) is 0 Å². The van der Waals surface area contributed by atoms with Crippen LogP contribution in [0, 0.1) is 0 Å². The average Bonchev–Trinajstić information content (AvgIpc) is 2.85. The highest BCUT2D eigenvalue weighted by Gasteiger charge is 2.08. The number of rotatable bonds is 6. The van der Waals surface area contributed by atoms with Gasteiger partial charge in [0.15, 0.2) is 0 Å². The van der Waals surface area contributed by atoms with Crippen LogP contribution >= 0.6 is 0 Å². The van der Waals surface area contributed by atoms with Gasteiger partial charge in [0.2, 0.25) is 0 Å². The Hall–Kier alpha value is -2.49. The zero-order valence-electron chi connectivity index (χ0n) is 12.2. The standard InChI is InChI=1S/C17H19NO3/c1-3-5-12(4-2)11-21-14-6-7-16-15(9-14)13(10-18-16)8-17(19)20/h3-7,9-10,18H,8,11H2,1-2H3,(H,19,20)/b5-3-,12-4+. The molecule has 0 unspecified atom stereocenters. The SMILES string of the molecule is C/C=C\C(=C/C)COc1ccc2[nH]cc(CC(=O)O)c2c1. The number of ether oxygens (including phenoxy) is 1. The summed E-state index contributed by atoms with van der Waals surface area (Å²) in [5.41, 5.74) is 2.78. The van der Waals surface area contributed by atoms with Crippen LogP contribution in [-0.2, 0) is 11.2 Å². The molecule has 0 atom stereocenters. The van der Waals surface area contributed by atoms with E-state index in [-0.39, 0.29) is 6.42 Å². The van der Waals surface area contributed by atoms with Crippen molar-refractivity contribution in [2.24, 2.45) is 0 Å². The number of nitrogens with one attached hydrogen (secondary N) is 1. The third-order valence-electron chi connectivity index (χ3n) is 3.24. The zero-order chi connectivity index (χ0) is 15.2. The minimum Gasteiger partial charge on any atom is -0.489 e. The Morgan fingerprint density at radius 2 is 2.19 bits per heavy atom. The van der Waals surface area contributed by atoms with Crippen molar-refractivity contribution in [1.29, 1.82) is 0 Å². The topological polar surface area (TPSA) is 62.3 Å². The van der Waals surface area contributed by atoms with Gasteiger partial charge in [-0.05, 0) is 43.2 Å². The number of aromatic amines is 1. The lowest BCUT2D eigenvalue weighted by atomic mass is 10.1. The molecule has 1 aromatic carbocycles. The van der Waals surface area contributed by atoms with Crippen LogP contribution in [0.25, 0.3) is 10.9 Å². The largest absolute Gasteiger partial charge is 0.489 e. The smallest absolute Gasteiger partial charge is 0.307 e. The summed E-state index contributed by atoms with van der Waals surface area (Å²) in [5.74, 6) is -0.107. The third kappa shape index (κ3) is 3.75. The lowest BCUT2D eigenvalue weighted by Crippen LogP contribution is -2.00. The number of H-pyrrole nitrogens is 1. The summed E-state index contributed by atoms with van der Waals surface area (Å²) < 4.78 is 5.77. The van der Waals surface area contributed by atoms with Crippen molar-refractivity contribution < 1.29 is 14.6 Å². The highest BCUT2D eigenvalue weighted by atomic mass is 16.5. The van der Waals surface area contributed by atoms with Gasteiger partial charge in [-0.15, -0.1) is 0 Å². The lowest BCUT2D eigenvalue weighted by molar-refractivity contribution is -0.136. The fourth-order valence-corrected chi connectivity index (χ4v) is 2.16. The molecule has 4 nitrogen and oxygen atoms in total. The maximum absolute atomic E-state index is 10.9. The Balaban J connectivity index is 2.19. The van der Waals surface area contributed by atoms with E-state index in [1.165, 1.54) is 0 Å². The highest BCUT2D eigenvalue weighted by Crippen LogP contribution is 2.24. The number of carboxylic acid groups (broad SMARTS) is 1. The molecule has 0 aliphatic rings. The summed E-state index contributed by atoms with van der Waals surface area (Å²) in [6, 6.07) is 5.67. The van der Waals surface area contributed by atoms with E-state index < -0.39 is 5.97 Å². The van der Waals surface area contributed by atoms with Gasteiger partial charge in [-0.3, -0.25) is 4.79 Å². The molecule has 0 bridgehead atoms. The van der Waals surface area contributed by atoms with Crippen LogP contribution in [0.4, 0.5) is 0 Å². The third-order valence-corrected chi connectivity index (χ3v) is 3.24. The number of carbonyl (C=O) groups is 1. The normalized spacial score (nSPS) is 12.2. The number of fused-ring (bicyclic) bond motifs is 1. The van der Waals surface area contributed by atoms with Crippen LogP contribution in [0.5, 0.6) is 5.75 Å². The molecule has 2 rings (SSSR count). The molecule has 110 valence electrons. The molecule has 0 aliphatic carbocycles. The number of carboxylic acids is 1. The first-order valence-corrected chi connectivity index (χ1v) is 6.86. The molecule has 4 heteroatoms. The molecule has 0 saturated heterocycles. The summed E-state index contributed by atoms with van der Waals surface area (Å²) in [4.78, 5) is 13.9. The second-order valence-corrected chi connectivity index (χ2v) is 4.74. The Morgan fingerprint density at radius 3 is 2.86 bits per heavy atom. The van der Waals surface area contributed by atoms with E-state index in [0.717, 1.165) is 27.8 Å². The molecule has 0 saturated carbocycles. The first-order chi connectivity index (χ1) is 10.1. The van der Waals surface area contributed by atoms with Gasteiger partial charge >= 0.3 is 5.97 Å². The van der Waals surface area contributed by atoms with E-state index in [1.54, 1.807) is 6.20 Å². The van der Waals surface area contributed by atoms with Gasteiger partial charge in [-0.1, -0.05) is 18.2 Å². The Bertz CT molecular complexity index is 695. The van der Waals surface area contributed by atoms with Crippen molar-refractivity contribution in [3.05, 3.63) is 53.8 Å². The van der Waals surface area contributed by atoms with E-state index >= 15 is 0 Å². The Morgan fingerprint density at radius 1 is 1.38 bits per heavy atom. The molecule has 2 N–H and O–H groups in total. The van der Waals surface area contributed by atoms with Crippen molar-refractivity contribution in [3.63, 3.8) is 0 Å². The van der Waals surface area contributed by atoms with Crippen molar-refractivity contribution >= 4 is 16.9 Å². The maximum Gasteiger partial charge on any atom is 0.307 e. The number of hydrogen-bond acceptors (Lipinski definition) is 2.